The predicted molar refractivity (Wildman–Crippen MR) is 103 cm³/mol. The van der Waals surface area contributed by atoms with Crippen molar-refractivity contribution >= 4 is 16.8 Å². The van der Waals surface area contributed by atoms with Gasteiger partial charge in [-0.2, -0.15) is 0 Å². The Balaban J connectivity index is 1.55. The molecule has 0 saturated carbocycles. The Morgan fingerprint density at radius 3 is 2.78 bits per heavy atom. The Labute approximate surface area is 157 Å². The molecule has 2 heterocycles. The molecule has 1 fully saturated rings. The molecule has 1 aliphatic heterocycles. The molecule has 1 aromatic heterocycles. The van der Waals surface area contributed by atoms with Gasteiger partial charge in [0.05, 0.1) is 18.0 Å². The fraction of sp³-hybridized carbons (Fsp3) is 0.286. The number of carbonyl (C=O) groups is 1. The molecule has 3 N–H and O–H groups in total. The van der Waals surface area contributed by atoms with E-state index in [0.717, 1.165) is 22.2 Å². The van der Waals surface area contributed by atoms with Gasteiger partial charge in [0.25, 0.3) is 0 Å². The quantitative estimate of drug-likeness (QED) is 0.664. The summed E-state index contributed by atoms with van der Waals surface area (Å²) in [7, 11) is 1.82. The smallest absolute Gasteiger partial charge is 0.229 e. The third-order valence-electron chi connectivity index (χ3n) is 5.44. The maximum absolute atomic E-state index is 13.6. The number of rotatable bonds is 4. The SMILES string of the molecule is CC(c1cc2ccccc2[nH]1)N(C)C(=O)C1CNNC1c1cccc(F)c1. The Bertz CT molecular complexity index is 936. The average molecular weight is 366 g/mol. The Morgan fingerprint density at radius 1 is 1.19 bits per heavy atom. The summed E-state index contributed by atoms with van der Waals surface area (Å²) in [5.74, 6) is -0.580. The number of halogens is 1. The summed E-state index contributed by atoms with van der Waals surface area (Å²) in [4.78, 5) is 18.3. The highest BCUT2D eigenvalue weighted by Gasteiger charge is 2.37. The van der Waals surface area contributed by atoms with Gasteiger partial charge in [0.15, 0.2) is 0 Å². The van der Waals surface area contributed by atoms with Crippen molar-refractivity contribution in [3.8, 4) is 0 Å². The van der Waals surface area contributed by atoms with Crippen LogP contribution in [0.3, 0.4) is 0 Å². The maximum atomic E-state index is 13.6. The van der Waals surface area contributed by atoms with Crippen molar-refractivity contribution in [3.05, 3.63) is 71.7 Å². The van der Waals surface area contributed by atoms with Crippen LogP contribution in [-0.2, 0) is 4.79 Å². The molecule has 0 aliphatic carbocycles. The first kappa shape index (κ1) is 17.7. The fourth-order valence-corrected chi connectivity index (χ4v) is 3.72. The van der Waals surface area contributed by atoms with Crippen LogP contribution in [0.15, 0.2) is 54.6 Å². The second-order valence-corrected chi connectivity index (χ2v) is 7.10. The van der Waals surface area contributed by atoms with Crippen LogP contribution < -0.4 is 10.9 Å². The largest absolute Gasteiger partial charge is 0.357 e. The molecule has 1 aliphatic rings. The normalized spacial score (nSPS) is 20.7. The lowest BCUT2D eigenvalue weighted by atomic mass is 9.93. The molecular weight excluding hydrogens is 343 g/mol. The Kier molecular flexibility index (Phi) is 4.68. The second-order valence-electron chi connectivity index (χ2n) is 7.10. The lowest BCUT2D eigenvalue weighted by molar-refractivity contribution is -0.136. The van der Waals surface area contributed by atoms with Crippen molar-refractivity contribution in [2.75, 3.05) is 13.6 Å². The van der Waals surface area contributed by atoms with Crippen molar-refractivity contribution in [1.82, 2.24) is 20.7 Å². The Morgan fingerprint density at radius 2 is 2.00 bits per heavy atom. The van der Waals surface area contributed by atoms with Crippen LogP contribution in [0.25, 0.3) is 10.9 Å². The first-order valence-corrected chi connectivity index (χ1v) is 9.13. The minimum absolute atomic E-state index is 0.0212. The summed E-state index contributed by atoms with van der Waals surface area (Å²) >= 11 is 0. The van der Waals surface area contributed by atoms with Crippen molar-refractivity contribution in [2.24, 2.45) is 5.92 Å². The van der Waals surface area contributed by atoms with E-state index < -0.39 is 0 Å². The summed E-state index contributed by atoms with van der Waals surface area (Å²) in [5, 5.41) is 1.13. The van der Waals surface area contributed by atoms with Crippen molar-refractivity contribution in [3.63, 3.8) is 0 Å². The van der Waals surface area contributed by atoms with Crippen molar-refractivity contribution in [1.29, 1.82) is 0 Å². The van der Waals surface area contributed by atoms with E-state index in [4.69, 9.17) is 0 Å². The number of para-hydroxylation sites is 1. The van der Waals surface area contributed by atoms with Crippen molar-refractivity contribution < 1.29 is 9.18 Å². The molecule has 27 heavy (non-hydrogen) atoms. The molecular formula is C21H23FN4O. The van der Waals surface area contributed by atoms with Gasteiger partial charge in [-0.05, 0) is 42.1 Å². The van der Waals surface area contributed by atoms with Gasteiger partial charge in [-0.3, -0.25) is 10.2 Å². The highest BCUT2D eigenvalue weighted by molar-refractivity contribution is 5.82. The maximum Gasteiger partial charge on any atom is 0.229 e. The molecule has 3 aromatic rings. The van der Waals surface area contributed by atoms with E-state index in [1.165, 1.54) is 12.1 Å². The molecule has 140 valence electrons. The third-order valence-corrected chi connectivity index (χ3v) is 5.44. The number of hydrazine groups is 1. The molecule has 3 unspecified atom stereocenters. The fourth-order valence-electron chi connectivity index (χ4n) is 3.72. The topological polar surface area (TPSA) is 60.2 Å². The van der Waals surface area contributed by atoms with Gasteiger partial charge in [-0.1, -0.05) is 30.3 Å². The third kappa shape index (κ3) is 3.34. The zero-order chi connectivity index (χ0) is 19.0. The number of benzene rings is 2. The molecule has 0 spiro atoms. The number of fused-ring (bicyclic) bond motifs is 1. The first-order valence-electron chi connectivity index (χ1n) is 9.13. The number of nitrogens with zero attached hydrogens (tertiary/aromatic N) is 1. The molecule has 1 saturated heterocycles. The molecule has 3 atom stereocenters. The zero-order valence-corrected chi connectivity index (χ0v) is 15.4. The predicted octanol–water partition coefficient (Wildman–Crippen LogP) is 3.29. The van der Waals surface area contributed by atoms with E-state index >= 15 is 0 Å². The number of amides is 1. The van der Waals surface area contributed by atoms with E-state index in [2.05, 4.69) is 28.0 Å². The number of hydrogen-bond donors (Lipinski definition) is 3. The van der Waals surface area contributed by atoms with Crippen LogP contribution in [0.5, 0.6) is 0 Å². The van der Waals surface area contributed by atoms with Gasteiger partial charge < -0.3 is 9.88 Å². The molecule has 2 aromatic carbocycles. The lowest BCUT2D eigenvalue weighted by Gasteiger charge is -2.29. The Hall–Kier alpha value is -2.70. The number of carbonyl (C=O) groups excluding carboxylic acids is 1. The highest BCUT2D eigenvalue weighted by Crippen LogP contribution is 2.30. The molecule has 0 radical (unpaired) electrons. The number of nitrogens with one attached hydrogen (secondary N) is 3. The van der Waals surface area contributed by atoms with Crippen LogP contribution in [0.4, 0.5) is 4.39 Å². The zero-order valence-electron chi connectivity index (χ0n) is 15.4. The minimum Gasteiger partial charge on any atom is -0.357 e. The summed E-state index contributed by atoms with van der Waals surface area (Å²) in [5.41, 5.74) is 8.98. The van der Waals surface area contributed by atoms with Crippen LogP contribution in [0.1, 0.15) is 30.3 Å². The number of hydrogen-bond acceptors (Lipinski definition) is 3. The molecule has 1 amide bonds. The van der Waals surface area contributed by atoms with Crippen LogP contribution >= 0.6 is 0 Å². The summed E-state index contributed by atoms with van der Waals surface area (Å²) < 4.78 is 13.6. The van der Waals surface area contributed by atoms with Crippen LogP contribution in [-0.4, -0.2) is 29.4 Å². The summed E-state index contributed by atoms with van der Waals surface area (Å²) in [6.45, 7) is 2.51. The van der Waals surface area contributed by atoms with Crippen LogP contribution in [0.2, 0.25) is 0 Å². The van der Waals surface area contributed by atoms with E-state index in [9.17, 15) is 9.18 Å². The molecule has 4 rings (SSSR count). The molecule has 6 heteroatoms. The number of aromatic amines is 1. The van der Waals surface area contributed by atoms with Crippen LogP contribution in [0, 0.1) is 11.7 Å². The minimum atomic E-state index is -0.302. The van der Waals surface area contributed by atoms with E-state index in [0.29, 0.717) is 6.54 Å². The molecule has 5 nitrogen and oxygen atoms in total. The standard InChI is InChI=1S/C21H23FN4O/c1-13(19-11-14-6-3-4-9-18(14)24-19)26(2)21(27)17-12-23-25-20(17)15-7-5-8-16(22)10-15/h3-11,13,17,20,23-25H,12H2,1-2H3. The monoisotopic (exact) mass is 366 g/mol. The first-order chi connectivity index (χ1) is 13.0. The molecule has 0 bridgehead atoms. The van der Waals surface area contributed by atoms with Gasteiger partial charge in [0.2, 0.25) is 5.91 Å². The lowest BCUT2D eigenvalue weighted by Crippen LogP contribution is -2.38. The summed E-state index contributed by atoms with van der Waals surface area (Å²) in [6, 6.07) is 16.2. The van der Waals surface area contributed by atoms with Crippen molar-refractivity contribution in [2.45, 2.75) is 19.0 Å². The van der Waals surface area contributed by atoms with E-state index in [1.54, 1.807) is 11.0 Å². The number of H-pyrrole nitrogens is 1. The van der Waals surface area contributed by atoms with Gasteiger partial charge in [-0.15, -0.1) is 0 Å². The second kappa shape index (κ2) is 7.13. The van der Waals surface area contributed by atoms with Gasteiger partial charge in [-0.25, -0.2) is 9.82 Å². The number of aromatic nitrogens is 1. The highest BCUT2D eigenvalue weighted by atomic mass is 19.1. The van der Waals surface area contributed by atoms with E-state index in [-0.39, 0.29) is 29.7 Å². The van der Waals surface area contributed by atoms with Gasteiger partial charge in [0.1, 0.15) is 5.82 Å². The van der Waals surface area contributed by atoms with Gasteiger partial charge in [0, 0.05) is 24.8 Å². The average Bonchev–Trinajstić information content (AvgIpc) is 3.33. The summed E-state index contributed by atoms with van der Waals surface area (Å²) in [6.07, 6.45) is 0. The van der Waals surface area contributed by atoms with Gasteiger partial charge >= 0.3 is 0 Å². The van der Waals surface area contributed by atoms with E-state index in [1.807, 2.05) is 38.2 Å².